The van der Waals surface area contributed by atoms with Crippen LogP contribution in [-0.2, 0) is 0 Å². The van der Waals surface area contributed by atoms with Gasteiger partial charge in [-0.15, -0.1) is 0 Å². The standard InChI is InChI=1S/C17H25BrO/c1-4-13-6-5-7-14(10-13)17(19)15-8-11(2)16(18)12(3)9-15/h8-9,13-14,17,19H,4-7,10H2,1-3H3. The molecule has 1 N–H and O–H groups in total. The molecule has 0 radical (unpaired) electrons. The van der Waals surface area contributed by atoms with Gasteiger partial charge in [-0.05, 0) is 55.2 Å². The average molecular weight is 325 g/mol. The van der Waals surface area contributed by atoms with Crippen LogP contribution in [0.4, 0.5) is 0 Å². The van der Waals surface area contributed by atoms with Crippen LogP contribution in [0.5, 0.6) is 0 Å². The first kappa shape index (κ1) is 15.1. The SMILES string of the molecule is CCC1CCCC(C(O)c2cc(C)c(Br)c(C)c2)C1. The lowest BCUT2D eigenvalue weighted by atomic mass is 9.76. The van der Waals surface area contributed by atoms with Crippen LogP contribution in [-0.4, -0.2) is 5.11 Å². The van der Waals surface area contributed by atoms with E-state index in [2.05, 4.69) is 48.8 Å². The Hall–Kier alpha value is -0.340. The second-order valence-electron chi connectivity index (χ2n) is 6.11. The predicted octanol–water partition coefficient (Wildman–Crippen LogP) is 5.32. The quantitative estimate of drug-likeness (QED) is 0.798. The van der Waals surface area contributed by atoms with Crippen molar-refractivity contribution >= 4 is 15.9 Å². The zero-order chi connectivity index (χ0) is 14.0. The molecule has 0 amide bonds. The predicted molar refractivity (Wildman–Crippen MR) is 84.3 cm³/mol. The van der Waals surface area contributed by atoms with E-state index in [0.29, 0.717) is 5.92 Å². The number of aliphatic hydroxyl groups excluding tert-OH is 1. The van der Waals surface area contributed by atoms with Crippen molar-refractivity contribution in [2.75, 3.05) is 0 Å². The number of halogens is 1. The van der Waals surface area contributed by atoms with E-state index in [0.717, 1.165) is 11.5 Å². The second kappa shape index (κ2) is 6.41. The van der Waals surface area contributed by atoms with Gasteiger partial charge >= 0.3 is 0 Å². The van der Waals surface area contributed by atoms with Crippen LogP contribution in [0.2, 0.25) is 0 Å². The monoisotopic (exact) mass is 324 g/mol. The van der Waals surface area contributed by atoms with E-state index in [9.17, 15) is 5.11 Å². The molecule has 1 aliphatic rings. The number of benzene rings is 1. The van der Waals surface area contributed by atoms with Crippen LogP contribution in [0, 0.1) is 25.7 Å². The Bertz CT molecular complexity index is 418. The first-order chi connectivity index (χ1) is 9.02. The maximum atomic E-state index is 10.7. The molecule has 0 aromatic heterocycles. The van der Waals surface area contributed by atoms with Crippen LogP contribution in [0.1, 0.15) is 61.8 Å². The highest BCUT2D eigenvalue weighted by molar-refractivity contribution is 9.10. The lowest BCUT2D eigenvalue weighted by Crippen LogP contribution is -2.21. The van der Waals surface area contributed by atoms with Crippen molar-refractivity contribution in [1.29, 1.82) is 0 Å². The summed E-state index contributed by atoms with van der Waals surface area (Å²) < 4.78 is 1.17. The molecule has 2 heteroatoms. The fourth-order valence-electron chi connectivity index (χ4n) is 3.41. The van der Waals surface area contributed by atoms with Gasteiger partial charge in [0.05, 0.1) is 6.10 Å². The summed E-state index contributed by atoms with van der Waals surface area (Å²) in [6.45, 7) is 6.47. The number of rotatable bonds is 3. The number of hydrogen-bond donors (Lipinski definition) is 1. The first-order valence-electron chi connectivity index (χ1n) is 7.47. The molecule has 0 aliphatic heterocycles. The Labute approximate surface area is 125 Å². The normalized spacial score (nSPS) is 25.3. The molecular formula is C17H25BrO. The molecule has 0 heterocycles. The molecule has 1 aromatic rings. The Kier molecular flexibility index (Phi) is 5.08. The minimum Gasteiger partial charge on any atom is -0.388 e. The summed E-state index contributed by atoms with van der Waals surface area (Å²) in [5, 5.41) is 10.7. The summed E-state index contributed by atoms with van der Waals surface area (Å²) in [6, 6.07) is 4.27. The van der Waals surface area contributed by atoms with Crippen LogP contribution in [0.25, 0.3) is 0 Å². The Morgan fingerprint density at radius 2 is 1.89 bits per heavy atom. The molecule has 3 unspecified atom stereocenters. The molecule has 1 saturated carbocycles. The minimum atomic E-state index is -0.292. The van der Waals surface area contributed by atoms with E-state index in [-0.39, 0.29) is 6.10 Å². The zero-order valence-corrected chi connectivity index (χ0v) is 13.8. The fraction of sp³-hybridized carbons (Fsp3) is 0.647. The van der Waals surface area contributed by atoms with Crippen molar-refractivity contribution in [1.82, 2.24) is 0 Å². The molecule has 1 aliphatic carbocycles. The van der Waals surface area contributed by atoms with Gasteiger partial charge in [0.2, 0.25) is 0 Å². The molecule has 0 saturated heterocycles. The van der Waals surface area contributed by atoms with Crippen molar-refractivity contribution < 1.29 is 5.11 Å². The van der Waals surface area contributed by atoms with Gasteiger partial charge in [0.15, 0.2) is 0 Å². The summed E-state index contributed by atoms with van der Waals surface area (Å²) in [5.41, 5.74) is 3.54. The third kappa shape index (κ3) is 3.41. The van der Waals surface area contributed by atoms with Crippen LogP contribution < -0.4 is 0 Å². The highest BCUT2D eigenvalue weighted by Gasteiger charge is 2.27. The van der Waals surface area contributed by atoms with Gasteiger partial charge < -0.3 is 5.11 Å². The molecule has 19 heavy (non-hydrogen) atoms. The van der Waals surface area contributed by atoms with Gasteiger partial charge in [0.1, 0.15) is 0 Å². The average Bonchev–Trinajstić information content (AvgIpc) is 2.43. The molecule has 1 fully saturated rings. The smallest absolute Gasteiger partial charge is 0.0818 e. The van der Waals surface area contributed by atoms with Crippen LogP contribution in [0.15, 0.2) is 16.6 Å². The van der Waals surface area contributed by atoms with E-state index in [1.807, 2.05) is 0 Å². The van der Waals surface area contributed by atoms with E-state index >= 15 is 0 Å². The van der Waals surface area contributed by atoms with Crippen molar-refractivity contribution in [2.45, 2.75) is 59.0 Å². The molecule has 1 aromatic carbocycles. The minimum absolute atomic E-state index is 0.292. The topological polar surface area (TPSA) is 20.2 Å². The van der Waals surface area contributed by atoms with E-state index < -0.39 is 0 Å². The van der Waals surface area contributed by atoms with E-state index in [1.165, 1.54) is 47.7 Å². The summed E-state index contributed by atoms with van der Waals surface area (Å²) in [4.78, 5) is 0. The first-order valence-corrected chi connectivity index (χ1v) is 8.27. The molecule has 2 rings (SSSR count). The van der Waals surface area contributed by atoms with Gasteiger partial charge in [0.25, 0.3) is 0 Å². The van der Waals surface area contributed by atoms with Gasteiger partial charge in [-0.2, -0.15) is 0 Å². The highest BCUT2D eigenvalue weighted by Crippen LogP contribution is 2.39. The van der Waals surface area contributed by atoms with Crippen molar-refractivity contribution in [3.05, 3.63) is 33.3 Å². The lowest BCUT2D eigenvalue weighted by molar-refractivity contribution is 0.0677. The Morgan fingerprint density at radius 1 is 1.26 bits per heavy atom. The number of aryl methyl sites for hydroxylation is 2. The maximum absolute atomic E-state index is 10.7. The van der Waals surface area contributed by atoms with Gasteiger partial charge in [-0.1, -0.05) is 54.2 Å². The van der Waals surface area contributed by atoms with Gasteiger partial charge in [-0.3, -0.25) is 0 Å². The molecule has 0 spiro atoms. The molecular weight excluding hydrogens is 300 g/mol. The fourth-order valence-corrected chi connectivity index (χ4v) is 3.64. The molecule has 106 valence electrons. The maximum Gasteiger partial charge on any atom is 0.0818 e. The molecule has 3 atom stereocenters. The Morgan fingerprint density at radius 3 is 2.47 bits per heavy atom. The second-order valence-corrected chi connectivity index (χ2v) is 6.91. The summed E-state index contributed by atoms with van der Waals surface area (Å²) in [7, 11) is 0. The van der Waals surface area contributed by atoms with Gasteiger partial charge in [-0.25, -0.2) is 0 Å². The lowest BCUT2D eigenvalue weighted by Gasteiger charge is -2.32. The summed E-state index contributed by atoms with van der Waals surface area (Å²) in [6.07, 6.45) is 5.94. The zero-order valence-electron chi connectivity index (χ0n) is 12.2. The highest BCUT2D eigenvalue weighted by atomic mass is 79.9. The summed E-state index contributed by atoms with van der Waals surface area (Å²) in [5.74, 6) is 1.25. The van der Waals surface area contributed by atoms with Crippen molar-refractivity contribution in [3.8, 4) is 0 Å². The molecule has 0 bridgehead atoms. The molecule has 1 nitrogen and oxygen atoms in total. The van der Waals surface area contributed by atoms with E-state index in [4.69, 9.17) is 0 Å². The largest absolute Gasteiger partial charge is 0.388 e. The third-order valence-corrected chi connectivity index (χ3v) is 5.90. The summed E-state index contributed by atoms with van der Waals surface area (Å²) >= 11 is 3.60. The van der Waals surface area contributed by atoms with Crippen molar-refractivity contribution in [3.63, 3.8) is 0 Å². The van der Waals surface area contributed by atoms with Crippen molar-refractivity contribution in [2.24, 2.45) is 11.8 Å². The number of aliphatic hydroxyl groups is 1. The van der Waals surface area contributed by atoms with Gasteiger partial charge in [0, 0.05) is 4.47 Å². The van der Waals surface area contributed by atoms with E-state index in [1.54, 1.807) is 0 Å². The Balaban J connectivity index is 2.17. The van der Waals surface area contributed by atoms with Crippen LogP contribution >= 0.6 is 15.9 Å². The van der Waals surface area contributed by atoms with Crippen LogP contribution in [0.3, 0.4) is 0 Å². The number of hydrogen-bond acceptors (Lipinski definition) is 1. The third-order valence-electron chi connectivity index (χ3n) is 4.65.